The van der Waals surface area contributed by atoms with Gasteiger partial charge >= 0.3 is 5.97 Å². The molecule has 3 saturated heterocycles. The number of carbonyl (C=O) groups excluding carboxylic acids is 1. The number of hydrogen-bond donors (Lipinski definition) is 0. The molecule has 12 nitrogen and oxygen atoms in total. The molecule has 0 amide bonds. The van der Waals surface area contributed by atoms with E-state index in [0.29, 0.717) is 6.61 Å². The summed E-state index contributed by atoms with van der Waals surface area (Å²) in [6, 6.07) is 48.9. The molecule has 3 aliphatic heterocycles. The van der Waals surface area contributed by atoms with Crippen LogP contribution in [0.3, 0.4) is 0 Å². The molecule has 1 unspecified atom stereocenters. The van der Waals surface area contributed by atoms with Gasteiger partial charge in [0.05, 0.1) is 39.6 Å². The molecule has 0 aliphatic carbocycles. The van der Waals surface area contributed by atoms with E-state index in [1.807, 2.05) is 152 Å². The Kier molecular flexibility index (Phi) is 15.5. The lowest BCUT2D eigenvalue weighted by atomic mass is 9.95. The summed E-state index contributed by atoms with van der Waals surface area (Å²) in [7, 11) is 1.56. The van der Waals surface area contributed by atoms with Crippen LogP contribution in [0.5, 0.6) is 0 Å². The molecule has 3 aliphatic rings. The van der Waals surface area contributed by atoms with Crippen molar-refractivity contribution >= 4 is 5.97 Å². The van der Waals surface area contributed by atoms with Crippen molar-refractivity contribution in [2.45, 2.75) is 101 Å². The van der Waals surface area contributed by atoms with Gasteiger partial charge in [-0.05, 0) is 22.3 Å². The van der Waals surface area contributed by atoms with Crippen molar-refractivity contribution in [3.63, 3.8) is 0 Å². The lowest BCUT2D eigenvalue weighted by molar-refractivity contribution is -0.398. The van der Waals surface area contributed by atoms with E-state index in [4.69, 9.17) is 52.1 Å². The van der Waals surface area contributed by atoms with Crippen molar-refractivity contribution in [2.24, 2.45) is 0 Å². The molecule has 62 heavy (non-hydrogen) atoms. The topological polar surface area (TPSA) is 119 Å². The van der Waals surface area contributed by atoms with Crippen molar-refractivity contribution in [1.82, 2.24) is 0 Å². The summed E-state index contributed by atoms with van der Waals surface area (Å²) in [4.78, 5) is 13.1. The van der Waals surface area contributed by atoms with Crippen molar-refractivity contribution < 1.29 is 56.9 Å². The zero-order valence-electron chi connectivity index (χ0n) is 34.9. The van der Waals surface area contributed by atoms with E-state index in [1.54, 1.807) is 7.11 Å². The zero-order valence-corrected chi connectivity index (χ0v) is 34.9. The van der Waals surface area contributed by atoms with E-state index in [9.17, 15) is 4.79 Å². The van der Waals surface area contributed by atoms with E-state index in [0.717, 1.165) is 27.8 Å². The van der Waals surface area contributed by atoms with Crippen LogP contribution in [0.2, 0.25) is 0 Å². The van der Waals surface area contributed by atoms with Gasteiger partial charge in [-0.3, -0.25) is 4.79 Å². The maximum Gasteiger partial charge on any atom is 0.303 e. The first-order valence-corrected chi connectivity index (χ1v) is 21.1. The summed E-state index contributed by atoms with van der Waals surface area (Å²) in [5.74, 6) is -0.519. The van der Waals surface area contributed by atoms with Gasteiger partial charge in [-0.15, -0.1) is 0 Å². The molecule has 5 aromatic carbocycles. The quantitative estimate of drug-likeness (QED) is 0.0814. The number of esters is 1. The molecule has 11 atom stereocenters. The van der Waals surface area contributed by atoms with Gasteiger partial charge in [-0.2, -0.15) is 0 Å². The second kappa shape index (κ2) is 22.0. The fraction of sp³-hybridized carbons (Fsp3) is 0.380. The number of ether oxygens (including phenoxy) is 11. The van der Waals surface area contributed by atoms with E-state index < -0.39 is 73.7 Å². The molecule has 3 fully saturated rings. The van der Waals surface area contributed by atoms with Gasteiger partial charge in [0.15, 0.2) is 25.0 Å². The Morgan fingerprint density at radius 3 is 1.55 bits per heavy atom. The predicted octanol–water partition coefficient (Wildman–Crippen LogP) is 7.49. The summed E-state index contributed by atoms with van der Waals surface area (Å²) in [5, 5.41) is 0. The Bertz CT molecular complexity index is 2060. The number of methoxy groups -OCH3 is 1. The lowest BCUT2D eigenvalue weighted by Gasteiger charge is -2.51. The molecule has 0 bridgehead atoms. The van der Waals surface area contributed by atoms with Crippen LogP contribution < -0.4 is 0 Å². The molecule has 12 heteroatoms. The first kappa shape index (κ1) is 43.8. The Morgan fingerprint density at radius 1 is 0.548 bits per heavy atom. The number of benzene rings is 5. The fourth-order valence-electron chi connectivity index (χ4n) is 7.99. The van der Waals surface area contributed by atoms with Crippen LogP contribution in [0.4, 0.5) is 0 Å². The third-order valence-electron chi connectivity index (χ3n) is 11.0. The third-order valence-corrected chi connectivity index (χ3v) is 11.0. The molecular formula is C50H54O12. The van der Waals surface area contributed by atoms with E-state index in [-0.39, 0.29) is 33.0 Å². The maximum absolute atomic E-state index is 13.1. The standard InChI is InChI=1S/C50H54O12/c1-34(51)58-44-42(54-29-36-20-10-4-11-21-36)40(32-53-28-35-18-8-3-9-19-35)60-50(47(44)56-31-38-24-14-6-15-25-38)62-45-43-41(33-57-48(61-43)39-26-16-7-17-27-39)59-49(52-2)46(45)55-30-37-22-12-5-13-23-37/h3-27,40-50H,28-33H2,1-2H3/t40-,41-,42-,43-,44+,45+,46+,47-,48?,49+,50-/m1/s1. The lowest BCUT2D eigenvalue weighted by Crippen LogP contribution is -2.67. The van der Waals surface area contributed by atoms with Crippen LogP contribution in [0.1, 0.15) is 41.0 Å². The van der Waals surface area contributed by atoms with Gasteiger partial charge < -0.3 is 52.1 Å². The van der Waals surface area contributed by atoms with Crippen LogP contribution in [-0.4, -0.2) is 87.7 Å². The van der Waals surface area contributed by atoms with Crippen LogP contribution >= 0.6 is 0 Å². The molecular weight excluding hydrogens is 793 g/mol. The summed E-state index contributed by atoms with van der Waals surface area (Å²) in [6.07, 6.45) is -9.46. The van der Waals surface area contributed by atoms with E-state index in [1.165, 1.54) is 6.92 Å². The molecule has 3 heterocycles. The third kappa shape index (κ3) is 11.4. The number of fused-ring (bicyclic) bond motifs is 1. The van der Waals surface area contributed by atoms with Crippen LogP contribution in [0, 0.1) is 0 Å². The number of carbonyl (C=O) groups is 1. The summed E-state index contributed by atoms with van der Waals surface area (Å²) >= 11 is 0. The Labute approximate surface area is 362 Å². The van der Waals surface area contributed by atoms with Gasteiger partial charge in [0.2, 0.25) is 0 Å². The average molecular weight is 847 g/mol. The first-order valence-electron chi connectivity index (χ1n) is 21.1. The summed E-state index contributed by atoms with van der Waals surface area (Å²) < 4.78 is 72.4. The van der Waals surface area contributed by atoms with Crippen molar-refractivity contribution in [2.75, 3.05) is 20.3 Å². The minimum absolute atomic E-state index is 0.0757. The normalized spacial score (nSPS) is 28.5. The van der Waals surface area contributed by atoms with Gasteiger partial charge in [0, 0.05) is 19.6 Å². The van der Waals surface area contributed by atoms with Crippen LogP contribution in [0.15, 0.2) is 152 Å². The summed E-state index contributed by atoms with van der Waals surface area (Å²) in [6.45, 7) is 2.54. The SMILES string of the molecule is CO[C@H]1O[C@@H]2COC(c3ccccc3)O[C@H]2[C@H](O[C@H]2O[C@H](COCc3ccccc3)[C@@H](OCc3ccccc3)[C@H](OC(C)=O)[C@H]2OCc2ccccc2)[C@@H]1OCc1ccccc1. The van der Waals surface area contributed by atoms with E-state index in [2.05, 4.69) is 0 Å². The molecule has 0 spiro atoms. The number of hydrogen-bond acceptors (Lipinski definition) is 12. The molecule has 0 N–H and O–H groups in total. The van der Waals surface area contributed by atoms with Gasteiger partial charge in [0.1, 0.15) is 42.7 Å². The van der Waals surface area contributed by atoms with Crippen LogP contribution in [0.25, 0.3) is 0 Å². The second-order valence-electron chi connectivity index (χ2n) is 15.5. The Morgan fingerprint density at radius 2 is 1.03 bits per heavy atom. The van der Waals surface area contributed by atoms with Gasteiger partial charge in [-0.25, -0.2) is 0 Å². The minimum atomic E-state index is -1.17. The Hall–Kier alpha value is -4.83. The largest absolute Gasteiger partial charge is 0.457 e. The summed E-state index contributed by atoms with van der Waals surface area (Å²) in [5.41, 5.74) is 4.60. The second-order valence-corrected chi connectivity index (χ2v) is 15.5. The molecule has 0 saturated carbocycles. The van der Waals surface area contributed by atoms with Crippen molar-refractivity contribution in [3.8, 4) is 0 Å². The van der Waals surface area contributed by atoms with Gasteiger partial charge in [-0.1, -0.05) is 152 Å². The Balaban J connectivity index is 1.16. The minimum Gasteiger partial charge on any atom is -0.457 e. The van der Waals surface area contributed by atoms with Crippen molar-refractivity contribution in [3.05, 3.63) is 179 Å². The van der Waals surface area contributed by atoms with Gasteiger partial charge in [0.25, 0.3) is 0 Å². The van der Waals surface area contributed by atoms with E-state index >= 15 is 0 Å². The highest BCUT2D eigenvalue weighted by molar-refractivity contribution is 5.66. The fourth-order valence-corrected chi connectivity index (χ4v) is 7.99. The monoisotopic (exact) mass is 846 g/mol. The average Bonchev–Trinajstić information content (AvgIpc) is 3.32. The zero-order chi connectivity index (χ0) is 42.5. The molecule has 326 valence electrons. The highest BCUT2D eigenvalue weighted by atomic mass is 16.8. The molecule has 0 aromatic heterocycles. The molecule has 8 rings (SSSR count). The molecule has 5 aromatic rings. The first-order chi connectivity index (χ1) is 30.5. The highest BCUT2D eigenvalue weighted by Gasteiger charge is 2.56. The van der Waals surface area contributed by atoms with Crippen LogP contribution in [-0.2, 0) is 83.3 Å². The predicted molar refractivity (Wildman–Crippen MR) is 226 cm³/mol. The number of rotatable bonds is 18. The molecule has 0 radical (unpaired) electrons. The smallest absolute Gasteiger partial charge is 0.303 e. The van der Waals surface area contributed by atoms with Crippen molar-refractivity contribution in [1.29, 1.82) is 0 Å². The maximum atomic E-state index is 13.1. The highest BCUT2D eigenvalue weighted by Crippen LogP contribution is 2.40.